The van der Waals surface area contributed by atoms with Crippen molar-refractivity contribution in [3.63, 3.8) is 0 Å². The summed E-state index contributed by atoms with van der Waals surface area (Å²) >= 11 is 6.26. The van der Waals surface area contributed by atoms with Gasteiger partial charge in [-0.15, -0.1) is 0 Å². The maximum atomic E-state index is 14.0. The molecule has 7 nitrogen and oxygen atoms in total. The predicted molar refractivity (Wildman–Crippen MR) is 143 cm³/mol. The molecule has 4 aliphatic rings. The number of hydrogen-bond donors (Lipinski definition) is 2. The van der Waals surface area contributed by atoms with Crippen LogP contribution in [0.15, 0.2) is 30.4 Å². The van der Waals surface area contributed by atoms with Gasteiger partial charge in [-0.05, 0) is 63.6 Å². The van der Waals surface area contributed by atoms with Crippen molar-refractivity contribution in [3.05, 3.63) is 40.9 Å². The van der Waals surface area contributed by atoms with Crippen LogP contribution >= 0.6 is 11.6 Å². The van der Waals surface area contributed by atoms with Crippen LogP contribution in [0.1, 0.15) is 59.4 Å². The molecule has 1 spiro atoms. The topological polar surface area (TPSA) is 87.7 Å². The molecule has 200 valence electrons. The van der Waals surface area contributed by atoms with Gasteiger partial charge in [0.1, 0.15) is 11.6 Å². The number of nitrogens with zero attached hydrogens (tertiary/aromatic N) is 1. The van der Waals surface area contributed by atoms with E-state index in [2.05, 4.69) is 24.5 Å². The largest absolute Gasteiger partial charge is 0.359 e. The summed E-state index contributed by atoms with van der Waals surface area (Å²) in [7, 11) is 0. The summed E-state index contributed by atoms with van der Waals surface area (Å²) in [6.07, 6.45) is 6.28. The van der Waals surface area contributed by atoms with Gasteiger partial charge in [0.15, 0.2) is 0 Å². The van der Waals surface area contributed by atoms with Crippen molar-refractivity contribution in [3.8, 4) is 0 Å². The van der Waals surface area contributed by atoms with Gasteiger partial charge in [0.2, 0.25) is 17.7 Å². The van der Waals surface area contributed by atoms with E-state index in [0.717, 1.165) is 24.8 Å². The second-order valence-electron chi connectivity index (χ2n) is 12.4. The molecule has 3 aliphatic heterocycles. The summed E-state index contributed by atoms with van der Waals surface area (Å²) in [6.45, 7) is 12.1. The van der Waals surface area contributed by atoms with Gasteiger partial charge in [-0.2, -0.15) is 0 Å². The molecule has 37 heavy (non-hydrogen) atoms. The van der Waals surface area contributed by atoms with Crippen LogP contribution in [0.2, 0.25) is 5.02 Å². The summed E-state index contributed by atoms with van der Waals surface area (Å²) in [4.78, 5) is 43.3. The van der Waals surface area contributed by atoms with E-state index < -0.39 is 35.1 Å². The molecule has 1 aromatic rings. The SMILES string of the molecule is Cc1ccc(NC(=O)C2[C@@H]3C=CC4(O3)C(C(=O)NC3CCCC(C)C3C)N(C(C)(C)C)C(=O)[C@H]24)cc1Cl. The van der Waals surface area contributed by atoms with Crippen molar-refractivity contribution >= 4 is 35.0 Å². The molecule has 8 heteroatoms. The van der Waals surface area contributed by atoms with Gasteiger partial charge in [0.05, 0.1) is 17.9 Å². The minimum Gasteiger partial charge on any atom is -0.359 e. The Morgan fingerprint density at radius 3 is 2.57 bits per heavy atom. The Kier molecular flexibility index (Phi) is 6.47. The number of hydrogen-bond acceptors (Lipinski definition) is 4. The fraction of sp³-hybridized carbons (Fsp3) is 0.621. The lowest BCUT2D eigenvalue weighted by atomic mass is 9.73. The lowest BCUT2D eigenvalue weighted by molar-refractivity contribution is -0.147. The summed E-state index contributed by atoms with van der Waals surface area (Å²) in [6, 6.07) is 4.54. The Morgan fingerprint density at radius 1 is 1.16 bits per heavy atom. The Labute approximate surface area is 224 Å². The molecule has 3 amide bonds. The van der Waals surface area contributed by atoms with Gasteiger partial charge in [-0.3, -0.25) is 14.4 Å². The van der Waals surface area contributed by atoms with Gasteiger partial charge in [-0.1, -0.05) is 56.5 Å². The summed E-state index contributed by atoms with van der Waals surface area (Å²) in [5.41, 5.74) is -0.332. The zero-order valence-electron chi connectivity index (χ0n) is 22.5. The maximum Gasteiger partial charge on any atom is 0.246 e. The van der Waals surface area contributed by atoms with E-state index in [0.29, 0.717) is 22.5 Å². The lowest BCUT2D eigenvalue weighted by Gasteiger charge is -2.41. The van der Waals surface area contributed by atoms with E-state index in [4.69, 9.17) is 16.3 Å². The standard InChI is InChI=1S/C29H38ClN3O4/c1-15-8-7-9-20(17(15)3)32-26(35)24-29-13-12-21(37-29)22(23(29)27(36)33(24)28(4,5)6)25(34)31-18-11-10-16(2)19(30)14-18/h10-15,17,20-24H,7-9H2,1-6H3,(H,31,34)(H,32,35)/t15?,17?,20?,21-,22?,23-,24?,29?/m0/s1. The molecule has 8 atom stereocenters. The number of aryl methyl sites for hydroxylation is 1. The first-order valence-electron chi connectivity index (χ1n) is 13.4. The van der Waals surface area contributed by atoms with E-state index in [-0.39, 0.29) is 23.8 Å². The number of nitrogens with one attached hydrogen (secondary N) is 2. The van der Waals surface area contributed by atoms with E-state index in [1.54, 1.807) is 17.0 Å². The van der Waals surface area contributed by atoms with Crippen molar-refractivity contribution in [1.82, 2.24) is 10.2 Å². The van der Waals surface area contributed by atoms with Crippen LogP contribution < -0.4 is 10.6 Å². The van der Waals surface area contributed by atoms with Gasteiger partial charge >= 0.3 is 0 Å². The Balaban J connectivity index is 1.46. The molecule has 3 fully saturated rings. The third-order valence-electron chi connectivity index (χ3n) is 9.02. The molecule has 3 heterocycles. The molecule has 1 saturated carbocycles. The fourth-order valence-electron chi connectivity index (χ4n) is 6.84. The quantitative estimate of drug-likeness (QED) is 0.565. The van der Waals surface area contributed by atoms with Crippen molar-refractivity contribution in [2.75, 3.05) is 5.32 Å². The van der Waals surface area contributed by atoms with Crippen molar-refractivity contribution in [2.45, 2.75) is 90.1 Å². The normalized spacial score (nSPS) is 36.6. The molecule has 5 rings (SSSR count). The number of anilines is 1. The summed E-state index contributed by atoms with van der Waals surface area (Å²) < 4.78 is 6.44. The highest BCUT2D eigenvalue weighted by molar-refractivity contribution is 6.31. The van der Waals surface area contributed by atoms with Gasteiger partial charge in [0.25, 0.3) is 0 Å². The number of rotatable bonds is 4. The minimum atomic E-state index is -1.17. The number of ether oxygens (including phenoxy) is 1. The number of halogens is 1. The third-order valence-corrected chi connectivity index (χ3v) is 9.43. The van der Waals surface area contributed by atoms with E-state index in [1.807, 2.05) is 45.9 Å². The van der Waals surface area contributed by atoms with Crippen molar-refractivity contribution in [2.24, 2.45) is 23.7 Å². The molecule has 1 aliphatic carbocycles. The zero-order chi connectivity index (χ0) is 26.9. The fourth-order valence-corrected chi connectivity index (χ4v) is 7.02. The minimum absolute atomic E-state index is 0.0524. The zero-order valence-corrected chi connectivity index (χ0v) is 23.3. The molecule has 6 unspecified atom stereocenters. The first kappa shape index (κ1) is 26.2. The first-order chi connectivity index (χ1) is 17.3. The number of fused-ring (bicyclic) bond motifs is 1. The Bertz CT molecular complexity index is 1160. The Hall–Kier alpha value is -2.38. The maximum absolute atomic E-state index is 14.0. The predicted octanol–water partition coefficient (Wildman–Crippen LogP) is 4.48. The number of carbonyl (C=O) groups is 3. The third kappa shape index (κ3) is 4.19. The highest BCUT2D eigenvalue weighted by Gasteiger charge is 2.74. The summed E-state index contributed by atoms with van der Waals surface area (Å²) in [5.74, 6) is -1.37. The van der Waals surface area contributed by atoms with Gasteiger partial charge < -0.3 is 20.3 Å². The number of likely N-dealkylation sites (tertiary alicyclic amines) is 1. The molecule has 1 aromatic carbocycles. The molecular formula is C29H38ClN3O4. The number of amides is 3. The molecule has 0 aromatic heterocycles. The van der Waals surface area contributed by atoms with Crippen LogP contribution in [-0.4, -0.2) is 51.9 Å². The lowest BCUT2D eigenvalue weighted by Crippen LogP contribution is -2.61. The second kappa shape index (κ2) is 9.12. The molecule has 2 N–H and O–H groups in total. The van der Waals surface area contributed by atoms with Crippen LogP contribution in [0.3, 0.4) is 0 Å². The molecule has 0 radical (unpaired) electrons. The van der Waals surface area contributed by atoms with E-state index in [9.17, 15) is 14.4 Å². The van der Waals surface area contributed by atoms with Crippen molar-refractivity contribution < 1.29 is 19.1 Å². The monoisotopic (exact) mass is 527 g/mol. The molecular weight excluding hydrogens is 490 g/mol. The first-order valence-corrected chi connectivity index (χ1v) is 13.8. The molecule has 2 saturated heterocycles. The average molecular weight is 528 g/mol. The highest BCUT2D eigenvalue weighted by atomic mass is 35.5. The van der Waals surface area contributed by atoms with Gasteiger partial charge in [0, 0.05) is 22.3 Å². The van der Waals surface area contributed by atoms with Crippen LogP contribution in [0.4, 0.5) is 5.69 Å². The second-order valence-corrected chi connectivity index (χ2v) is 12.8. The van der Waals surface area contributed by atoms with Crippen LogP contribution in [0.5, 0.6) is 0 Å². The number of benzene rings is 1. The number of carbonyl (C=O) groups excluding carboxylic acids is 3. The van der Waals surface area contributed by atoms with Gasteiger partial charge in [-0.25, -0.2) is 0 Å². The van der Waals surface area contributed by atoms with Crippen LogP contribution in [0, 0.1) is 30.6 Å². The average Bonchev–Trinajstić information content (AvgIpc) is 3.46. The Morgan fingerprint density at radius 2 is 1.89 bits per heavy atom. The van der Waals surface area contributed by atoms with Crippen LogP contribution in [-0.2, 0) is 19.1 Å². The summed E-state index contributed by atoms with van der Waals surface area (Å²) in [5, 5.41) is 6.77. The molecule has 2 bridgehead atoms. The highest BCUT2D eigenvalue weighted by Crippen LogP contribution is 2.56. The van der Waals surface area contributed by atoms with Crippen molar-refractivity contribution in [1.29, 1.82) is 0 Å². The van der Waals surface area contributed by atoms with Crippen LogP contribution in [0.25, 0.3) is 0 Å². The van der Waals surface area contributed by atoms with E-state index >= 15 is 0 Å². The van der Waals surface area contributed by atoms with E-state index in [1.165, 1.54) is 0 Å². The smallest absolute Gasteiger partial charge is 0.246 e.